The average molecular weight is 209 g/mol. The van der Waals surface area contributed by atoms with Crippen molar-refractivity contribution in [3.05, 3.63) is 23.8 Å². The molecule has 0 heterocycles. The molecule has 2 N–H and O–H groups in total. The highest BCUT2D eigenvalue weighted by atomic mass is 16.5. The summed E-state index contributed by atoms with van der Waals surface area (Å²) in [6.07, 6.45) is 0.779. The molecule has 0 bridgehead atoms. The van der Waals surface area contributed by atoms with E-state index < -0.39 is 0 Å². The zero-order valence-corrected chi connectivity index (χ0v) is 8.93. The molecule has 0 aromatic heterocycles. The van der Waals surface area contributed by atoms with E-state index in [1.807, 2.05) is 18.2 Å². The Bertz CT molecular complexity index is 339. The van der Waals surface area contributed by atoms with Crippen LogP contribution in [0.3, 0.4) is 0 Å². The van der Waals surface area contributed by atoms with Gasteiger partial charge in [0, 0.05) is 0 Å². The highest BCUT2D eigenvalue weighted by Crippen LogP contribution is 2.27. The van der Waals surface area contributed by atoms with E-state index in [-0.39, 0.29) is 0 Å². The lowest BCUT2D eigenvalue weighted by Gasteiger charge is -2.08. The van der Waals surface area contributed by atoms with Gasteiger partial charge in [-0.25, -0.2) is 0 Å². The van der Waals surface area contributed by atoms with Crippen LogP contribution in [0.2, 0.25) is 0 Å². The van der Waals surface area contributed by atoms with Gasteiger partial charge in [0.1, 0.15) is 0 Å². The fourth-order valence-electron chi connectivity index (χ4n) is 1.27. The van der Waals surface area contributed by atoms with Crippen molar-refractivity contribution >= 4 is 0 Å². The van der Waals surface area contributed by atoms with Gasteiger partial charge in [0.25, 0.3) is 0 Å². The summed E-state index contributed by atoms with van der Waals surface area (Å²) in [6, 6.07) is 5.76. The Morgan fingerprint density at radius 1 is 1.20 bits per heavy atom. The van der Waals surface area contributed by atoms with E-state index in [0.29, 0.717) is 6.54 Å². The van der Waals surface area contributed by atoms with E-state index in [2.05, 4.69) is 10.3 Å². The summed E-state index contributed by atoms with van der Waals surface area (Å²) >= 11 is 0. The minimum absolute atomic E-state index is 0.575. The summed E-state index contributed by atoms with van der Waals surface area (Å²) in [5, 5.41) is 6.89. The van der Waals surface area contributed by atoms with Gasteiger partial charge in [0.05, 0.1) is 20.8 Å². The van der Waals surface area contributed by atoms with Gasteiger partial charge < -0.3 is 15.3 Å². The smallest absolute Gasteiger partial charge is 0.160 e. The molecular weight excluding hydrogens is 194 g/mol. The molecule has 0 aliphatic heterocycles. The maximum absolute atomic E-state index is 5.18. The zero-order valence-electron chi connectivity index (χ0n) is 8.93. The number of ether oxygens (including phenoxy) is 2. The summed E-state index contributed by atoms with van der Waals surface area (Å²) in [6.45, 7) is 0.575. The minimum Gasteiger partial charge on any atom is -0.493 e. The van der Waals surface area contributed by atoms with Gasteiger partial charge >= 0.3 is 0 Å². The van der Waals surface area contributed by atoms with Crippen molar-refractivity contribution in [3.63, 3.8) is 0 Å². The van der Waals surface area contributed by atoms with Crippen molar-refractivity contribution in [3.8, 4) is 11.5 Å². The Hall–Kier alpha value is -1.78. The van der Waals surface area contributed by atoms with Crippen LogP contribution in [0.25, 0.3) is 0 Å². The van der Waals surface area contributed by atoms with Gasteiger partial charge in [-0.1, -0.05) is 11.3 Å². The van der Waals surface area contributed by atoms with Crippen LogP contribution in [0.15, 0.2) is 28.5 Å². The number of nitrogens with two attached hydrogens (primary N) is 1. The van der Waals surface area contributed by atoms with Crippen molar-refractivity contribution in [1.82, 2.24) is 0 Å². The highest BCUT2D eigenvalue weighted by Gasteiger charge is 2.03. The maximum Gasteiger partial charge on any atom is 0.160 e. The standard InChI is InChI=1S/C10H15N3O2/c1-14-9-4-3-8(5-6-12-13-11)7-10(9)15-2/h3-4,7H,5-6H2,1-2H3,(H2,11,12). The lowest BCUT2D eigenvalue weighted by Crippen LogP contribution is -1.94. The fourth-order valence-corrected chi connectivity index (χ4v) is 1.27. The van der Waals surface area contributed by atoms with Crippen LogP contribution < -0.4 is 15.3 Å². The topological polar surface area (TPSA) is 69.2 Å². The number of hydrogen-bond donors (Lipinski definition) is 1. The highest BCUT2D eigenvalue weighted by molar-refractivity contribution is 5.42. The first-order valence-electron chi connectivity index (χ1n) is 4.59. The van der Waals surface area contributed by atoms with Crippen LogP contribution >= 0.6 is 0 Å². The molecule has 5 nitrogen and oxygen atoms in total. The van der Waals surface area contributed by atoms with E-state index in [1.165, 1.54) is 0 Å². The molecule has 0 aliphatic rings. The van der Waals surface area contributed by atoms with Gasteiger partial charge in [-0.2, -0.15) is 5.11 Å². The Kier molecular flexibility index (Phi) is 4.40. The van der Waals surface area contributed by atoms with Gasteiger partial charge in [-0.3, -0.25) is 0 Å². The summed E-state index contributed by atoms with van der Waals surface area (Å²) in [5.74, 6) is 6.35. The minimum atomic E-state index is 0.575. The Morgan fingerprint density at radius 2 is 1.93 bits per heavy atom. The number of methoxy groups -OCH3 is 2. The van der Waals surface area contributed by atoms with Crippen LogP contribution in [0, 0.1) is 0 Å². The SMILES string of the molecule is COc1ccc(CCN=NN)cc1OC. The summed E-state index contributed by atoms with van der Waals surface area (Å²) in [5.41, 5.74) is 1.11. The maximum atomic E-state index is 5.18. The monoisotopic (exact) mass is 209 g/mol. The Morgan fingerprint density at radius 3 is 2.53 bits per heavy atom. The molecule has 0 spiro atoms. The van der Waals surface area contributed by atoms with Crippen molar-refractivity contribution in [2.45, 2.75) is 6.42 Å². The van der Waals surface area contributed by atoms with E-state index >= 15 is 0 Å². The van der Waals surface area contributed by atoms with Crippen molar-refractivity contribution in [2.24, 2.45) is 16.2 Å². The quantitative estimate of drug-likeness (QED) is 0.454. The van der Waals surface area contributed by atoms with Crippen LogP contribution in [0.4, 0.5) is 0 Å². The lowest BCUT2D eigenvalue weighted by molar-refractivity contribution is 0.354. The number of rotatable bonds is 5. The van der Waals surface area contributed by atoms with Crippen LogP contribution in [-0.4, -0.2) is 20.8 Å². The molecule has 15 heavy (non-hydrogen) atoms. The number of nitrogens with zero attached hydrogens (tertiary/aromatic N) is 2. The predicted octanol–water partition coefficient (Wildman–Crippen LogP) is 1.57. The van der Waals surface area contributed by atoms with Crippen molar-refractivity contribution < 1.29 is 9.47 Å². The molecule has 0 saturated carbocycles. The van der Waals surface area contributed by atoms with Gasteiger partial charge in [0.2, 0.25) is 0 Å². The molecule has 1 aromatic carbocycles. The second-order valence-electron chi connectivity index (χ2n) is 2.92. The van der Waals surface area contributed by atoms with E-state index in [9.17, 15) is 0 Å². The second-order valence-corrected chi connectivity index (χ2v) is 2.92. The molecule has 0 fully saturated rings. The molecule has 0 radical (unpaired) electrons. The second kappa shape index (κ2) is 5.85. The normalized spacial score (nSPS) is 10.5. The third-order valence-electron chi connectivity index (χ3n) is 2.03. The first kappa shape index (κ1) is 11.3. The molecule has 0 amide bonds. The predicted molar refractivity (Wildman–Crippen MR) is 57.2 cm³/mol. The van der Waals surface area contributed by atoms with E-state index in [0.717, 1.165) is 23.5 Å². The summed E-state index contributed by atoms with van der Waals surface area (Å²) < 4.78 is 10.3. The van der Waals surface area contributed by atoms with Gasteiger partial charge in [-0.15, -0.1) is 0 Å². The third-order valence-corrected chi connectivity index (χ3v) is 2.03. The molecular formula is C10H15N3O2. The summed E-state index contributed by atoms with van der Waals surface area (Å²) in [4.78, 5) is 0. The van der Waals surface area contributed by atoms with Gasteiger partial charge in [-0.05, 0) is 24.1 Å². The van der Waals surface area contributed by atoms with Crippen LogP contribution in [0.1, 0.15) is 5.56 Å². The third kappa shape index (κ3) is 3.12. The van der Waals surface area contributed by atoms with Crippen LogP contribution in [-0.2, 0) is 6.42 Å². The first-order chi connectivity index (χ1) is 7.31. The molecule has 82 valence electrons. The van der Waals surface area contributed by atoms with E-state index in [4.69, 9.17) is 15.3 Å². The van der Waals surface area contributed by atoms with Crippen molar-refractivity contribution in [1.29, 1.82) is 0 Å². The molecule has 0 atom stereocenters. The molecule has 1 aromatic rings. The fraction of sp³-hybridized carbons (Fsp3) is 0.400. The molecule has 0 aliphatic carbocycles. The number of benzene rings is 1. The van der Waals surface area contributed by atoms with Crippen LogP contribution in [0.5, 0.6) is 11.5 Å². The number of hydrogen-bond acceptors (Lipinski definition) is 4. The molecule has 0 unspecified atom stereocenters. The Balaban J connectivity index is 2.74. The average Bonchev–Trinajstić information content (AvgIpc) is 2.29. The first-order valence-corrected chi connectivity index (χ1v) is 4.59. The molecule has 5 heteroatoms. The van der Waals surface area contributed by atoms with Crippen molar-refractivity contribution in [2.75, 3.05) is 20.8 Å². The molecule has 0 saturated heterocycles. The van der Waals surface area contributed by atoms with E-state index in [1.54, 1.807) is 14.2 Å². The zero-order chi connectivity index (χ0) is 11.1. The van der Waals surface area contributed by atoms with Gasteiger partial charge in [0.15, 0.2) is 11.5 Å². The summed E-state index contributed by atoms with van der Waals surface area (Å²) in [7, 11) is 3.22. The lowest BCUT2D eigenvalue weighted by atomic mass is 10.1. The largest absolute Gasteiger partial charge is 0.493 e. The molecule has 1 rings (SSSR count). The Labute approximate surface area is 88.9 Å².